The second kappa shape index (κ2) is 13.1. The van der Waals surface area contributed by atoms with E-state index in [1.807, 2.05) is 36.4 Å². The van der Waals surface area contributed by atoms with Crippen molar-refractivity contribution in [3.63, 3.8) is 0 Å². The maximum atomic E-state index is 14.5. The van der Waals surface area contributed by atoms with Gasteiger partial charge < -0.3 is 19.9 Å². The Morgan fingerprint density at radius 2 is 1.88 bits per heavy atom. The summed E-state index contributed by atoms with van der Waals surface area (Å²) in [5, 5.41) is 4.94. The van der Waals surface area contributed by atoms with Crippen LogP contribution in [0, 0.1) is 29.0 Å². The van der Waals surface area contributed by atoms with E-state index >= 15 is 0 Å². The van der Waals surface area contributed by atoms with Crippen molar-refractivity contribution in [2.24, 2.45) is 28.2 Å². The first-order chi connectivity index (χ1) is 23.1. The van der Waals surface area contributed by atoms with Crippen LogP contribution in [-0.4, -0.2) is 59.7 Å². The normalized spacial score (nSPS) is 23.6. The van der Waals surface area contributed by atoms with Crippen molar-refractivity contribution in [3.8, 4) is 5.75 Å². The highest BCUT2D eigenvalue weighted by Crippen LogP contribution is 2.61. The number of guanidine groups is 1. The van der Waals surface area contributed by atoms with Crippen molar-refractivity contribution >= 4 is 39.8 Å². The van der Waals surface area contributed by atoms with Crippen LogP contribution in [0.3, 0.4) is 0 Å². The van der Waals surface area contributed by atoms with Crippen LogP contribution in [0.4, 0.5) is 15.8 Å². The van der Waals surface area contributed by atoms with Crippen molar-refractivity contribution in [1.82, 2.24) is 14.5 Å². The zero-order valence-corrected chi connectivity index (χ0v) is 28.9. The molecule has 4 aromatic rings. The molecule has 8 rings (SSSR count). The Hall–Kier alpha value is -4.11. The Morgan fingerprint density at radius 1 is 1.08 bits per heavy atom. The van der Waals surface area contributed by atoms with E-state index in [0.29, 0.717) is 58.4 Å². The zero-order valence-electron chi connectivity index (χ0n) is 28.1. The average Bonchev–Trinajstić information content (AvgIpc) is 3.09. The predicted octanol–water partition coefficient (Wildman–Crippen LogP) is 7.10. The molecule has 1 aromatic heterocycles. The number of fused-ring (bicyclic) bond motifs is 3. The number of rotatable bonds is 7. The molecule has 8 nitrogen and oxygen atoms in total. The summed E-state index contributed by atoms with van der Waals surface area (Å²) in [5.41, 5.74) is 3.27. The van der Waals surface area contributed by atoms with Gasteiger partial charge in [-0.05, 0) is 84.4 Å². The second-order valence-corrected chi connectivity index (χ2v) is 14.6. The summed E-state index contributed by atoms with van der Waals surface area (Å²) in [4.78, 5) is 28.2. The van der Waals surface area contributed by atoms with Crippen LogP contribution >= 0.6 is 11.6 Å². The number of piperazine rings is 1. The van der Waals surface area contributed by atoms with Gasteiger partial charge in [-0.25, -0.2) is 14.4 Å². The van der Waals surface area contributed by atoms with Crippen molar-refractivity contribution in [3.05, 3.63) is 93.7 Å². The highest BCUT2D eigenvalue weighted by atomic mass is 35.5. The second-order valence-electron chi connectivity index (χ2n) is 14.2. The molecule has 3 aliphatic carbocycles. The zero-order chi connectivity index (χ0) is 33.6. The molecule has 3 aromatic carbocycles. The molecular weight excluding hydrogens is 627 g/mol. The lowest BCUT2D eigenvalue weighted by atomic mass is 9.45. The van der Waals surface area contributed by atoms with Crippen LogP contribution in [0.2, 0.25) is 5.02 Å². The van der Waals surface area contributed by atoms with Gasteiger partial charge in [-0.1, -0.05) is 50.6 Å². The number of aliphatic imine (C=N–C) groups is 1. The number of aryl methyl sites for hydroxylation is 2. The summed E-state index contributed by atoms with van der Waals surface area (Å²) in [6.45, 7) is 10.8. The maximum absolute atomic E-state index is 14.5. The molecule has 2 bridgehead atoms. The van der Waals surface area contributed by atoms with E-state index in [4.69, 9.17) is 21.3 Å². The number of anilines is 2. The monoisotopic (exact) mass is 670 g/mol. The molecule has 0 radical (unpaired) electrons. The average molecular weight is 671 g/mol. The fourth-order valence-electron chi connectivity index (χ4n) is 8.13. The molecule has 4 fully saturated rings. The van der Waals surface area contributed by atoms with Gasteiger partial charge in [0, 0.05) is 44.5 Å². The van der Waals surface area contributed by atoms with Gasteiger partial charge in [-0.3, -0.25) is 9.36 Å². The number of halogens is 2. The molecule has 48 heavy (non-hydrogen) atoms. The van der Waals surface area contributed by atoms with Crippen LogP contribution in [0.5, 0.6) is 5.75 Å². The molecule has 1 N–H and O–H groups in total. The first-order valence-electron chi connectivity index (χ1n) is 17.0. The molecule has 10 heteroatoms. The van der Waals surface area contributed by atoms with Crippen LogP contribution in [-0.2, 0) is 13.0 Å². The first kappa shape index (κ1) is 32.4. The third kappa shape index (κ3) is 6.13. The molecular formula is C38H44ClFN6O2. The van der Waals surface area contributed by atoms with Crippen molar-refractivity contribution < 1.29 is 9.13 Å². The molecule has 252 valence electrons. The van der Waals surface area contributed by atoms with E-state index in [9.17, 15) is 9.18 Å². The summed E-state index contributed by atoms with van der Waals surface area (Å²) in [6.07, 6.45) is 4.33. The minimum atomic E-state index is -0.349. The number of hydrogen-bond acceptors (Lipinski definition) is 5. The number of aromatic nitrogens is 2. The molecule has 4 aliphatic rings. The Bertz CT molecular complexity index is 1900. The lowest BCUT2D eigenvalue weighted by Crippen LogP contribution is -2.57. The third-order valence-corrected chi connectivity index (χ3v) is 11.7. The van der Waals surface area contributed by atoms with Crippen LogP contribution in [0.25, 0.3) is 10.9 Å². The Labute approximate surface area is 286 Å². The van der Waals surface area contributed by atoms with Gasteiger partial charge in [0.2, 0.25) is 0 Å². The fourth-order valence-corrected chi connectivity index (χ4v) is 8.39. The topological polar surface area (TPSA) is 75.0 Å². The quantitative estimate of drug-likeness (QED) is 0.167. The van der Waals surface area contributed by atoms with E-state index in [-0.39, 0.29) is 17.4 Å². The van der Waals surface area contributed by atoms with Gasteiger partial charge in [0.15, 0.2) is 5.96 Å². The number of hydrogen-bond donors (Lipinski definition) is 1. The largest absolute Gasteiger partial charge is 0.497 e. The standard InChI is InChI=1S/C38H44ClFN6O2/c1-24-30-19-26(38(30,2)3)20-33(24)43-37(45-17-15-44(16-18-45)35-8-6-5-7-31(35)39)42-27-10-12-29-34(21-27)41-23-46(36(29)47)14-13-25-9-11-28(48-4)22-32(25)40/h5-12,21-24,26,30,33H,13-20H2,1-4H3,(H,42,43)/t24-,26-,30+,33?/m0/s1. The van der Waals surface area contributed by atoms with Gasteiger partial charge in [-0.2, -0.15) is 0 Å². The highest BCUT2D eigenvalue weighted by Gasteiger charge is 2.56. The molecule has 3 saturated carbocycles. The minimum Gasteiger partial charge on any atom is -0.497 e. The first-order valence-corrected chi connectivity index (χ1v) is 17.4. The van der Waals surface area contributed by atoms with Crippen LogP contribution < -0.4 is 20.5 Å². The summed E-state index contributed by atoms with van der Waals surface area (Å²) < 4.78 is 21.1. The third-order valence-electron chi connectivity index (χ3n) is 11.3. The summed E-state index contributed by atoms with van der Waals surface area (Å²) in [7, 11) is 1.51. The van der Waals surface area contributed by atoms with Gasteiger partial charge in [0.25, 0.3) is 5.56 Å². The summed E-state index contributed by atoms with van der Waals surface area (Å²) >= 11 is 6.54. The van der Waals surface area contributed by atoms with Gasteiger partial charge >= 0.3 is 0 Å². The number of benzene rings is 3. The Balaban J connectivity index is 1.11. The number of para-hydroxylation sites is 1. The Morgan fingerprint density at radius 3 is 2.58 bits per heavy atom. The smallest absolute Gasteiger partial charge is 0.261 e. The number of nitrogens with zero attached hydrogens (tertiary/aromatic N) is 5. The van der Waals surface area contributed by atoms with Crippen LogP contribution in [0.1, 0.15) is 39.2 Å². The number of methoxy groups -OCH3 is 1. The van der Waals surface area contributed by atoms with Crippen molar-refractivity contribution in [1.29, 1.82) is 0 Å². The summed E-state index contributed by atoms with van der Waals surface area (Å²) in [5.74, 6) is 2.90. The molecule has 1 aliphatic heterocycles. The lowest BCUT2D eigenvalue weighted by molar-refractivity contribution is -0.108. The van der Waals surface area contributed by atoms with Gasteiger partial charge in [-0.15, -0.1) is 0 Å². The van der Waals surface area contributed by atoms with E-state index in [1.54, 1.807) is 23.0 Å². The van der Waals surface area contributed by atoms with Crippen LogP contribution in [0.15, 0.2) is 76.8 Å². The number of nitrogens with one attached hydrogen (secondary N) is 1. The van der Waals surface area contributed by atoms with E-state index in [1.165, 1.54) is 19.6 Å². The molecule has 1 saturated heterocycles. The fraction of sp³-hybridized carbons (Fsp3) is 0.447. The van der Waals surface area contributed by atoms with Crippen molar-refractivity contribution in [2.45, 2.75) is 52.6 Å². The van der Waals surface area contributed by atoms with E-state index in [0.717, 1.165) is 55.0 Å². The molecule has 1 unspecified atom stereocenters. The molecule has 0 amide bonds. The SMILES string of the molecule is COc1ccc(CCn2cnc3cc(NC(=NC4C[C@@H]5C[C@H]([C@@H]4C)C5(C)C)N4CCN(c5ccccc5Cl)CC4)ccc3c2=O)c(F)c1. The van der Waals surface area contributed by atoms with Gasteiger partial charge in [0.05, 0.1) is 41.1 Å². The Kier molecular flexibility index (Phi) is 8.83. The van der Waals surface area contributed by atoms with Gasteiger partial charge in [0.1, 0.15) is 11.6 Å². The van der Waals surface area contributed by atoms with Crippen molar-refractivity contribution in [2.75, 3.05) is 43.5 Å². The molecule has 2 heterocycles. The van der Waals surface area contributed by atoms with E-state index < -0.39 is 0 Å². The predicted molar refractivity (Wildman–Crippen MR) is 192 cm³/mol. The molecule has 0 spiro atoms. The highest BCUT2D eigenvalue weighted by molar-refractivity contribution is 6.33. The van der Waals surface area contributed by atoms with E-state index in [2.05, 4.69) is 46.9 Å². The lowest BCUT2D eigenvalue weighted by Gasteiger charge is -2.61. The maximum Gasteiger partial charge on any atom is 0.261 e. The summed E-state index contributed by atoms with van der Waals surface area (Å²) in [6, 6.07) is 18.7. The molecule has 4 atom stereocenters. The minimum absolute atomic E-state index is 0.150. The number of ether oxygens (including phenoxy) is 1.